The molecule has 0 bridgehead atoms. The maximum Gasteiger partial charge on any atom is 0.241 e. The van der Waals surface area contributed by atoms with Crippen LogP contribution in [0.25, 0.3) is 0 Å². The first kappa shape index (κ1) is 7.78. The first-order chi connectivity index (χ1) is 5.25. The lowest BCUT2D eigenvalue weighted by atomic mass is 10.2. The zero-order chi connectivity index (χ0) is 8.27. The van der Waals surface area contributed by atoms with Crippen molar-refractivity contribution in [3.8, 4) is 0 Å². The van der Waals surface area contributed by atoms with Gasteiger partial charge in [0.25, 0.3) is 0 Å². The second-order valence-corrected chi connectivity index (χ2v) is 2.23. The third kappa shape index (κ3) is 1.58. The minimum atomic E-state index is -0.693. The summed E-state index contributed by atoms with van der Waals surface area (Å²) in [5.74, 6) is 1.07. The largest absolute Gasteiger partial charge is 0.376 e. The number of rotatable bonds is 1. The van der Waals surface area contributed by atoms with Gasteiger partial charge in [-0.3, -0.25) is 10.1 Å². The fraction of sp³-hybridized carbons (Fsp3) is 0.500. The molecule has 1 atom stereocenters. The molecule has 0 aliphatic carbocycles. The molecule has 1 saturated heterocycles. The molecule has 5 nitrogen and oxygen atoms in total. The van der Waals surface area contributed by atoms with Gasteiger partial charge in [0.2, 0.25) is 5.91 Å². The molecule has 1 aliphatic rings. The van der Waals surface area contributed by atoms with Crippen LogP contribution in [0.2, 0.25) is 0 Å². The zero-order valence-electron chi connectivity index (χ0n) is 5.89. The maximum absolute atomic E-state index is 10.6. The zero-order valence-corrected chi connectivity index (χ0v) is 5.89. The molecule has 5 heteroatoms. The van der Waals surface area contributed by atoms with Gasteiger partial charge in [0.05, 0.1) is 0 Å². The SMILES string of the molecule is NC(=O)C1NCCNC1=C=O. The number of nitrogens with two attached hydrogens (primary N) is 1. The molecule has 0 spiro atoms. The first-order valence-electron chi connectivity index (χ1n) is 3.27. The Labute approximate surface area is 63.6 Å². The number of carbonyl (C=O) groups excluding carboxylic acids is 2. The molecule has 0 radical (unpaired) electrons. The molecule has 60 valence electrons. The Hall–Kier alpha value is -1.32. The average molecular weight is 155 g/mol. The second-order valence-electron chi connectivity index (χ2n) is 2.23. The van der Waals surface area contributed by atoms with Crippen molar-refractivity contribution in [2.24, 2.45) is 5.73 Å². The van der Waals surface area contributed by atoms with Crippen molar-refractivity contribution < 1.29 is 9.59 Å². The van der Waals surface area contributed by atoms with E-state index in [1.807, 2.05) is 0 Å². The molecular formula is C6H9N3O2. The lowest BCUT2D eigenvalue weighted by Crippen LogP contribution is -2.53. The molecule has 0 aromatic carbocycles. The quantitative estimate of drug-likeness (QED) is 0.373. The Kier molecular flexibility index (Phi) is 2.25. The Balaban J connectivity index is 2.75. The van der Waals surface area contributed by atoms with Crippen molar-refractivity contribution in [1.29, 1.82) is 0 Å². The van der Waals surface area contributed by atoms with E-state index in [0.717, 1.165) is 0 Å². The number of piperazine rings is 1. The molecule has 4 N–H and O–H groups in total. The van der Waals surface area contributed by atoms with Crippen LogP contribution in [-0.2, 0) is 9.59 Å². The van der Waals surface area contributed by atoms with Gasteiger partial charge in [0.1, 0.15) is 17.7 Å². The molecule has 1 rings (SSSR count). The van der Waals surface area contributed by atoms with E-state index in [1.165, 1.54) is 0 Å². The van der Waals surface area contributed by atoms with Gasteiger partial charge in [-0.05, 0) is 0 Å². The van der Waals surface area contributed by atoms with Gasteiger partial charge in [-0.1, -0.05) is 0 Å². The Bertz CT molecular complexity index is 220. The van der Waals surface area contributed by atoms with E-state index in [9.17, 15) is 9.59 Å². The number of hydrogen-bond donors (Lipinski definition) is 3. The summed E-state index contributed by atoms with van der Waals surface area (Å²) in [6.45, 7) is 1.24. The molecular weight excluding hydrogens is 146 g/mol. The third-order valence-corrected chi connectivity index (χ3v) is 1.47. The number of hydrogen-bond acceptors (Lipinski definition) is 4. The normalized spacial score (nSPS) is 23.6. The van der Waals surface area contributed by atoms with Crippen molar-refractivity contribution in [2.75, 3.05) is 13.1 Å². The summed E-state index contributed by atoms with van der Waals surface area (Å²) in [5.41, 5.74) is 5.19. The van der Waals surface area contributed by atoms with E-state index in [1.54, 1.807) is 5.94 Å². The highest BCUT2D eigenvalue weighted by Gasteiger charge is 2.23. The second kappa shape index (κ2) is 3.18. The number of amides is 1. The van der Waals surface area contributed by atoms with Crippen LogP contribution >= 0.6 is 0 Å². The predicted molar refractivity (Wildman–Crippen MR) is 38.2 cm³/mol. The first-order valence-corrected chi connectivity index (χ1v) is 3.27. The fourth-order valence-electron chi connectivity index (χ4n) is 0.956. The van der Waals surface area contributed by atoms with E-state index in [4.69, 9.17) is 5.73 Å². The Morgan fingerprint density at radius 3 is 2.82 bits per heavy atom. The van der Waals surface area contributed by atoms with E-state index < -0.39 is 11.9 Å². The van der Waals surface area contributed by atoms with Crippen LogP contribution < -0.4 is 16.4 Å². The predicted octanol–water partition coefficient (Wildman–Crippen LogP) is -2.25. The lowest BCUT2D eigenvalue weighted by molar-refractivity contribution is -0.119. The summed E-state index contributed by atoms with van der Waals surface area (Å²) in [7, 11) is 0. The standard InChI is InChI=1S/C6H9N3O2/c7-6(11)5-4(3-10)8-1-2-9-5/h5,8-9H,1-2H2,(H2,7,11). The average Bonchev–Trinajstić information content (AvgIpc) is 2.04. The van der Waals surface area contributed by atoms with Gasteiger partial charge in [-0.25, -0.2) is 4.79 Å². The minimum absolute atomic E-state index is 0.198. The van der Waals surface area contributed by atoms with Crippen LogP contribution in [0.1, 0.15) is 0 Å². The third-order valence-electron chi connectivity index (χ3n) is 1.47. The highest BCUT2D eigenvalue weighted by atomic mass is 16.1. The Morgan fingerprint density at radius 2 is 2.36 bits per heavy atom. The monoisotopic (exact) mass is 155 g/mol. The van der Waals surface area contributed by atoms with E-state index >= 15 is 0 Å². The van der Waals surface area contributed by atoms with Crippen molar-refractivity contribution in [3.05, 3.63) is 5.70 Å². The summed E-state index contributed by atoms with van der Waals surface area (Å²) in [6, 6.07) is -0.693. The molecule has 1 aliphatic heterocycles. The van der Waals surface area contributed by atoms with Gasteiger partial charge < -0.3 is 11.1 Å². The smallest absolute Gasteiger partial charge is 0.241 e. The van der Waals surface area contributed by atoms with E-state index in [0.29, 0.717) is 13.1 Å². The van der Waals surface area contributed by atoms with Gasteiger partial charge in [0.15, 0.2) is 0 Å². The Morgan fingerprint density at radius 1 is 1.64 bits per heavy atom. The molecule has 1 heterocycles. The van der Waals surface area contributed by atoms with Crippen LogP contribution in [0.5, 0.6) is 0 Å². The molecule has 11 heavy (non-hydrogen) atoms. The van der Waals surface area contributed by atoms with Crippen LogP contribution in [0, 0.1) is 0 Å². The van der Waals surface area contributed by atoms with Gasteiger partial charge in [-0.2, -0.15) is 0 Å². The van der Waals surface area contributed by atoms with Crippen LogP contribution in [0.15, 0.2) is 5.70 Å². The highest BCUT2D eigenvalue weighted by molar-refractivity contribution is 5.86. The molecule has 0 aromatic rings. The van der Waals surface area contributed by atoms with E-state index in [2.05, 4.69) is 10.6 Å². The van der Waals surface area contributed by atoms with E-state index in [-0.39, 0.29) is 5.70 Å². The van der Waals surface area contributed by atoms with Gasteiger partial charge >= 0.3 is 0 Å². The number of carbonyl (C=O) groups is 1. The molecule has 1 amide bonds. The van der Waals surface area contributed by atoms with Crippen molar-refractivity contribution in [1.82, 2.24) is 10.6 Å². The summed E-state index contributed by atoms with van der Waals surface area (Å²) in [5, 5.41) is 5.51. The van der Waals surface area contributed by atoms with Gasteiger partial charge in [0, 0.05) is 13.1 Å². The fourth-order valence-corrected chi connectivity index (χ4v) is 0.956. The number of nitrogens with one attached hydrogen (secondary N) is 2. The summed E-state index contributed by atoms with van der Waals surface area (Å²) in [4.78, 5) is 20.8. The molecule has 1 fully saturated rings. The molecule has 0 aromatic heterocycles. The molecule has 0 saturated carbocycles. The van der Waals surface area contributed by atoms with Crippen LogP contribution in [-0.4, -0.2) is 31.0 Å². The lowest BCUT2D eigenvalue weighted by Gasteiger charge is -2.22. The van der Waals surface area contributed by atoms with Crippen LogP contribution in [0.3, 0.4) is 0 Å². The van der Waals surface area contributed by atoms with Gasteiger partial charge in [-0.15, -0.1) is 0 Å². The topological polar surface area (TPSA) is 84.2 Å². The maximum atomic E-state index is 10.6. The van der Waals surface area contributed by atoms with Crippen molar-refractivity contribution in [3.63, 3.8) is 0 Å². The molecule has 1 unspecified atom stereocenters. The summed E-state index contributed by atoms with van der Waals surface area (Å²) in [6.07, 6.45) is 0. The van der Waals surface area contributed by atoms with Crippen molar-refractivity contribution in [2.45, 2.75) is 6.04 Å². The minimum Gasteiger partial charge on any atom is -0.376 e. The number of primary amides is 1. The summed E-state index contributed by atoms with van der Waals surface area (Å²) < 4.78 is 0. The van der Waals surface area contributed by atoms with Crippen molar-refractivity contribution >= 4 is 11.8 Å². The highest BCUT2D eigenvalue weighted by Crippen LogP contribution is 1.96. The summed E-state index contributed by atoms with van der Waals surface area (Å²) >= 11 is 0. The van der Waals surface area contributed by atoms with Crippen LogP contribution in [0.4, 0.5) is 0 Å².